The van der Waals surface area contributed by atoms with Gasteiger partial charge in [0.05, 0.1) is 13.1 Å². The van der Waals surface area contributed by atoms with Crippen molar-refractivity contribution in [1.29, 1.82) is 0 Å². The molecule has 3 rings (SSSR count). The number of nitrogens with zero attached hydrogens (tertiary/aromatic N) is 2. The number of rotatable bonds is 3. The van der Waals surface area contributed by atoms with Gasteiger partial charge in [0, 0.05) is 29.6 Å². The third kappa shape index (κ3) is 2.27. The molecule has 3 aliphatic rings. The molecule has 0 radical (unpaired) electrons. The molecule has 5 nitrogen and oxygen atoms in total. The average molecular weight is 266 g/mol. The molecule has 0 unspecified atom stereocenters. The summed E-state index contributed by atoms with van der Waals surface area (Å²) in [5.41, 5.74) is 6.99. The van der Waals surface area contributed by atoms with Crippen LogP contribution in [0, 0.1) is 5.92 Å². The summed E-state index contributed by atoms with van der Waals surface area (Å²) in [7, 11) is 0. The molecule has 0 bridgehead atoms. The van der Waals surface area contributed by atoms with Crippen molar-refractivity contribution >= 4 is 22.8 Å². The van der Waals surface area contributed by atoms with Gasteiger partial charge in [-0.2, -0.15) is 0 Å². The smallest absolute Gasteiger partial charge is 0.223 e. The number of nitrogens with one attached hydrogen (secondary N) is 1. The number of amidine groups is 1. The Balaban J connectivity index is 1.50. The van der Waals surface area contributed by atoms with Crippen molar-refractivity contribution in [3.8, 4) is 0 Å². The molecule has 2 aliphatic heterocycles. The predicted molar refractivity (Wildman–Crippen MR) is 73.0 cm³/mol. The number of aliphatic imine (C=N–C) groups is 1. The van der Waals surface area contributed by atoms with E-state index in [1.165, 1.54) is 0 Å². The van der Waals surface area contributed by atoms with Crippen molar-refractivity contribution in [1.82, 2.24) is 10.2 Å². The molecule has 1 fully saturated rings. The maximum Gasteiger partial charge on any atom is 0.223 e. The minimum Gasteiger partial charge on any atom is -0.350 e. The first-order chi connectivity index (χ1) is 8.74. The van der Waals surface area contributed by atoms with Crippen LogP contribution in [0.1, 0.15) is 19.3 Å². The Morgan fingerprint density at radius 3 is 3.28 bits per heavy atom. The Labute approximate surface area is 111 Å². The van der Waals surface area contributed by atoms with Gasteiger partial charge in [-0.3, -0.25) is 9.79 Å². The van der Waals surface area contributed by atoms with Crippen LogP contribution in [0.5, 0.6) is 0 Å². The zero-order valence-corrected chi connectivity index (χ0v) is 11.1. The van der Waals surface area contributed by atoms with E-state index in [4.69, 9.17) is 5.73 Å². The number of hydrogen-bond donors (Lipinski definition) is 2. The zero-order valence-electron chi connectivity index (χ0n) is 10.3. The molecule has 98 valence electrons. The van der Waals surface area contributed by atoms with Crippen LogP contribution in [0.3, 0.4) is 0 Å². The topological polar surface area (TPSA) is 70.7 Å². The Hall–Kier alpha value is -1.01. The molecule has 3 N–H and O–H groups in total. The van der Waals surface area contributed by atoms with Crippen molar-refractivity contribution in [3.63, 3.8) is 0 Å². The summed E-state index contributed by atoms with van der Waals surface area (Å²) in [5, 5.41) is 6.18. The minimum absolute atomic E-state index is 0.112. The molecule has 0 aromatic heterocycles. The summed E-state index contributed by atoms with van der Waals surface area (Å²) in [5.74, 6) is 0.264. The summed E-state index contributed by atoms with van der Waals surface area (Å²) in [6.07, 6.45) is 2.73. The molecule has 1 amide bonds. The van der Waals surface area contributed by atoms with Crippen LogP contribution in [0.2, 0.25) is 0 Å². The lowest BCUT2D eigenvalue weighted by atomic mass is 10.1. The van der Waals surface area contributed by atoms with Crippen LogP contribution in [0.25, 0.3) is 0 Å². The molecule has 0 aromatic rings. The molecular formula is C12H18N4OS. The predicted octanol–water partition coefficient (Wildman–Crippen LogP) is 0.490. The summed E-state index contributed by atoms with van der Waals surface area (Å²) in [6, 6.07) is 0.208. The van der Waals surface area contributed by atoms with E-state index in [-0.39, 0.29) is 17.9 Å². The van der Waals surface area contributed by atoms with Crippen molar-refractivity contribution in [2.45, 2.75) is 25.3 Å². The third-order valence-electron chi connectivity index (χ3n) is 3.74. The second-order valence-electron chi connectivity index (χ2n) is 5.03. The van der Waals surface area contributed by atoms with E-state index in [0.717, 1.165) is 43.2 Å². The second kappa shape index (κ2) is 4.93. The molecular weight excluding hydrogens is 248 g/mol. The first-order valence-corrected chi connectivity index (χ1v) is 7.33. The Bertz CT molecular complexity index is 420. The number of carbonyl (C=O) groups is 1. The molecule has 18 heavy (non-hydrogen) atoms. The van der Waals surface area contributed by atoms with Crippen molar-refractivity contribution in [2.24, 2.45) is 16.6 Å². The van der Waals surface area contributed by atoms with Crippen molar-refractivity contribution in [3.05, 3.63) is 11.1 Å². The SMILES string of the molecule is N[C@@H]1CC[C@H](C(=O)NCC2=CSC3=NCCN23)C1. The van der Waals surface area contributed by atoms with E-state index in [9.17, 15) is 4.79 Å². The van der Waals surface area contributed by atoms with Crippen LogP contribution in [-0.4, -0.2) is 41.7 Å². The third-order valence-corrected chi connectivity index (χ3v) is 4.69. The molecule has 1 aliphatic carbocycles. The molecule has 2 atom stereocenters. The molecule has 0 saturated heterocycles. The van der Waals surface area contributed by atoms with Crippen LogP contribution >= 0.6 is 11.8 Å². The highest BCUT2D eigenvalue weighted by Crippen LogP contribution is 2.29. The highest BCUT2D eigenvalue weighted by molar-refractivity contribution is 8.16. The maximum absolute atomic E-state index is 12.0. The van der Waals surface area contributed by atoms with Crippen LogP contribution in [-0.2, 0) is 4.79 Å². The fourth-order valence-electron chi connectivity index (χ4n) is 2.69. The summed E-state index contributed by atoms with van der Waals surface area (Å²) in [6.45, 7) is 2.42. The first kappa shape index (κ1) is 12.0. The number of hydrogen-bond acceptors (Lipinski definition) is 5. The van der Waals surface area contributed by atoms with E-state index >= 15 is 0 Å². The van der Waals surface area contributed by atoms with Gasteiger partial charge in [-0.1, -0.05) is 11.8 Å². The van der Waals surface area contributed by atoms with Crippen molar-refractivity contribution < 1.29 is 4.79 Å². The van der Waals surface area contributed by atoms with Crippen LogP contribution in [0.4, 0.5) is 0 Å². The quantitative estimate of drug-likeness (QED) is 0.780. The van der Waals surface area contributed by atoms with Gasteiger partial charge in [0.15, 0.2) is 5.17 Å². The number of carbonyl (C=O) groups excluding carboxylic acids is 1. The van der Waals surface area contributed by atoms with Gasteiger partial charge >= 0.3 is 0 Å². The molecule has 1 saturated carbocycles. The van der Waals surface area contributed by atoms with E-state index in [2.05, 4.69) is 20.6 Å². The van der Waals surface area contributed by atoms with Crippen LogP contribution < -0.4 is 11.1 Å². The van der Waals surface area contributed by atoms with Gasteiger partial charge in [-0.05, 0) is 19.3 Å². The summed E-state index contributed by atoms with van der Waals surface area (Å²) in [4.78, 5) is 18.6. The largest absolute Gasteiger partial charge is 0.350 e. The van der Waals surface area contributed by atoms with E-state index in [1.54, 1.807) is 11.8 Å². The fourth-order valence-corrected chi connectivity index (χ4v) is 3.65. The maximum atomic E-state index is 12.0. The highest BCUT2D eigenvalue weighted by Gasteiger charge is 2.29. The highest BCUT2D eigenvalue weighted by atomic mass is 32.2. The van der Waals surface area contributed by atoms with Gasteiger partial charge in [0.2, 0.25) is 5.91 Å². The fraction of sp³-hybridized carbons (Fsp3) is 0.667. The minimum atomic E-state index is 0.112. The Kier molecular flexibility index (Phi) is 3.30. The zero-order chi connectivity index (χ0) is 12.5. The van der Waals surface area contributed by atoms with E-state index in [0.29, 0.717) is 6.54 Å². The number of nitrogens with two attached hydrogens (primary N) is 1. The Morgan fingerprint density at radius 2 is 2.50 bits per heavy atom. The average Bonchev–Trinajstić information content (AvgIpc) is 3.02. The van der Waals surface area contributed by atoms with Gasteiger partial charge in [-0.25, -0.2) is 0 Å². The lowest BCUT2D eigenvalue weighted by molar-refractivity contribution is -0.124. The number of fused-ring (bicyclic) bond motifs is 1. The summed E-state index contributed by atoms with van der Waals surface area (Å²) < 4.78 is 0. The lowest BCUT2D eigenvalue weighted by Crippen LogP contribution is -2.35. The normalized spacial score (nSPS) is 30.2. The van der Waals surface area contributed by atoms with Gasteiger partial charge in [-0.15, -0.1) is 0 Å². The molecule has 0 spiro atoms. The van der Waals surface area contributed by atoms with Gasteiger partial charge in [0.1, 0.15) is 0 Å². The standard InChI is InChI=1S/C12H18N4OS/c13-9-2-1-8(5-9)11(17)15-6-10-7-18-12-14-3-4-16(10)12/h7-9H,1-6,13H2,(H,15,17)/t8-,9+/m0/s1. The van der Waals surface area contributed by atoms with E-state index < -0.39 is 0 Å². The van der Waals surface area contributed by atoms with E-state index in [1.807, 2.05) is 0 Å². The molecule has 2 heterocycles. The van der Waals surface area contributed by atoms with Gasteiger partial charge < -0.3 is 16.0 Å². The lowest BCUT2D eigenvalue weighted by Gasteiger charge is -2.18. The number of amides is 1. The van der Waals surface area contributed by atoms with Gasteiger partial charge in [0.25, 0.3) is 0 Å². The molecule has 0 aromatic carbocycles. The summed E-state index contributed by atoms with van der Waals surface area (Å²) >= 11 is 1.65. The van der Waals surface area contributed by atoms with Crippen LogP contribution in [0.15, 0.2) is 16.1 Å². The Morgan fingerprint density at radius 1 is 1.61 bits per heavy atom. The monoisotopic (exact) mass is 266 g/mol. The number of thioether (sulfide) groups is 1. The molecule has 6 heteroatoms. The van der Waals surface area contributed by atoms with Crippen molar-refractivity contribution in [2.75, 3.05) is 19.6 Å². The first-order valence-electron chi connectivity index (χ1n) is 6.45. The second-order valence-corrected chi connectivity index (χ2v) is 5.87.